The van der Waals surface area contributed by atoms with Crippen molar-refractivity contribution in [1.82, 2.24) is 14.7 Å². The molecule has 0 aromatic heterocycles. The smallest absolute Gasteiger partial charge is 0.312 e. The Morgan fingerprint density at radius 2 is 1.25 bits per heavy atom. The molecular formula is C20H25N3O5. The monoisotopic (exact) mass is 387 g/mol. The van der Waals surface area contributed by atoms with Crippen LogP contribution in [0.15, 0.2) is 30.3 Å². The van der Waals surface area contributed by atoms with Gasteiger partial charge in [-0.25, -0.2) is 0 Å². The molecule has 0 unspecified atom stereocenters. The Morgan fingerprint density at radius 3 is 1.86 bits per heavy atom. The quantitative estimate of drug-likeness (QED) is 0.543. The number of nitrogens with zero attached hydrogens (tertiary/aromatic N) is 3. The zero-order valence-corrected chi connectivity index (χ0v) is 15.8. The molecule has 3 rings (SSSR count). The molecule has 0 saturated carbocycles. The molecule has 2 fully saturated rings. The molecule has 28 heavy (non-hydrogen) atoms. The van der Waals surface area contributed by atoms with E-state index in [1.807, 2.05) is 6.07 Å². The van der Waals surface area contributed by atoms with E-state index in [4.69, 9.17) is 4.74 Å². The van der Waals surface area contributed by atoms with E-state index in [1.165, 1.54) is 9.80 Å². The zero-order chi connectivity index (χ0) is 19.9. The highest BCUT2D eigenvalue weighted by Crippen LogP contribution is 2.10. The highest BCUT2D eigenvalue weighted by atomic mass is 16.5. The molecular weight excluding hydrogens is 362 g/mol. The average Bonchev–Trinajstić information content (AvgIpc) is 2.77. The number of Topliss-reactive ketones (excluding diaryl/α,β-unsaturated/α-hetero) is 1. The first kappa shape index (κ1) is 20.0. The lowest BCUT2D eigenvalue weighted by Gasteiger charge is -2.35. The summed E-state index contributed by atoms with van der Waals surface area (Å²) in [4.78, 5) is 53.8. The minimum atomic E-state index is -0.520. The van der Waals surface area contributed by atoms with Gasteiger partial charge in [0, 0.05) is 57.7 Å². The minimum Gasteiger partial charge on any atom is -0.378 e. The van der Waals surface area contributed by atoms with Crippen molar-refractivity contribution in [3.8, 4) is 0 Å². The summed E-state index contributed by atoms with van der Waals surface area (Å²) >= 11 is 0. The van der Waals surface area contributed by atoms with E-state index in [-0.39, 0.29) is 24.5 Å². The number of carbonyl (C=O) groups is 4. The highest BCUT2D eigenvalue weighted by molar-refractivity contribution is 6.34. The van der Waals surface area contributed by atoms with Crippen molar-refractivity contribution in [1.29, 1.82) is 0 Å². The molecule has 2 saturated heterocycles. The maximum absolute atomic E-state index is 12.4. The van der Waals surface area contributed by atoms with Crippen molar-refractivity contribution in [2.24, 2.45) is 0 Å². The predicted molar refractivity (Wildman–Crippen MR) is 101 cm³/mol. The first-order valence-electron chi connectivity index (χ1n) is 9.58. The number of ether oxygens (including phenoxy) is 1. The molecule has 0 N–H and O–H groups in total. The second-order valence-electron chi connectivity index (χ2n) is 6.87. The van der Waals surface area contributed by atoms with E-state index in [2.05, 4.69) is 0 Å². The Bertz CT molecular complexity index is 723. The van der Waals surface area contributed by atoms with Gasteiger partial charge in [-0.15, -0.1) is 0 Å². The summed E-state index contributed by atoms with van der Waals surface area (Å²) in [5.74, 6) is -1.18. The number of hydrogen-bond donors (Lipinski definition) is 0. The third-order valence-corrected chi connectivity index (χ3v) is 5.06. The standard InChI is InChI=1S/C20H25N3O5/c24-17(16-4-2-1-3-5-16)6-7-18(25)21-8-10-22(11-9-21)19(26)20(27)23-12-14-28-15-13-23/h1-5H,6-15H2. The molecule has 150 valence electrons. The first-order valence-corrected chi connectivity index (χ1v) is 9.58. The second kappa shape index (κ2) is 9.45. The van der Waals surface area contributed by atoms with Crippen LogP contribution in [0.1, 0.15) is 23.2 Å². The minimum absolute atomic E-state index is 0.0566. The molecule has 1 aromatic carbocycles. The number of ketones is 1. The van der Waals surface area contributed by atoms with Gasteiger partial charge in [0.05, 0.1) is 13.2 Å². The normalized spacial score (nSPS) is 17.4. The molecule has 2 aliphatic rings. The Labute approximate surface area is 164 Å². The van der Waals surface area contributed by atoms with Gasteiger partial charge in [-0.2, -0.15) is 0 Å². The van der Waals surface area contributed by atoms with Gasteiger partial charge in [0.1, 0.15) is 0 Å². The SMILES string of the molecule is O=C(CCC(=O)N1CCN(C(=O)C(=O)N2CCOCC2)CC1)c1ccccc1. The van der Waals surface area contributed by atoms with Gasteiger partial charge >= 0.3 is 11.8 Å². The van der Waals surface area contributed by atoms with Crippen LogP contribution in [0, 0.1) is 0 Å². The Kier molecular flexibility index (Phi) is 6.76. The summed E-state index contributed by atoms with van der Waals surface area (Å²) in [7, 11) is 0. The summed E-state index contributed by atoms with van der Waals surface area (Å²) in [6.07, 6.45) is 0.311. The average molecular weight is 387 g/mol. The predicted octanol–water partition coefficient (Wildman–Crippen LogP) is 0.179. The highest BCUT2D eigenvalue weighted by Gasteiger charge is 2.31. The van der Waals surface area contributed by atoms with Gasteiger partial charge in [-0.1, -0.05) is 30.3 Å². The summed E-state index contributed by atoms with van der Waals surface area (Å²) in [6, 6.07) is 8.91. The molecule has 3 amide bonds. The third kappa shape index (κ3) is 4.95. The summed E-state index contributed by atoms with van der Waals surface area (Å²) in [5, 5.41) is 0. The number of piperazine rings is 1. The van der Waals surface area contributed by atoms with Crippen LogP contribution < -0.4 is 0 Å². The Hall–Kier alpha value is -2.74. The van der Waals surface area contributed by atoms with Gasteiger partial charge < -0.3 is 19.4 Å². The van der Waals surface area contributed by atoms with Crippen molar-refractivity contribution >= 4 is 23.5 Å². The molecule has 2 aliphatic heterocycles. The fourth-order valence-corrected chi connectivity index (χ4v) is 3.34. The molecule has 0 atom stereocenters. The lowest BCUT2D eigenvalue weighted by molar-refractivity contribution is -0.155. The first-order chi connectivity index (χ1) is 13.6. The van der Waals surface area contributed by atoms with Crippen LogP contribution in [-0.4, -0.2) is 90.7 Å². The van der Waals surface area contributed by atoms with Crippen LogP contribution in [0.3, 0.4) is 0 Å². The molecule has 0 radical (unpaired) electrons. The summed E-state index contributed by atoms with van der Waals surface area (Å²) in [6.45, 7) is 3.16. The van der Waals surface area contributed by atoms with Crippen LogP contribution in [0.5, 0.6) is 0 Å². The van der Waals surface area contributed by atoms with Gasteiger partial charge in [0.15, 0.2) is 5.78 Å². The van der Waals surface area contributed by atoms with Crippen molar-refractivity contribution < 1.29 is 23.9 Å². The largest absolute Gasteiger partial charge is 0.378 e. The Morgan fingerprint density at radius 1 is 0.714 bits per heavy atom. The van der Waals surface area contributed by atoms with Gasteiger partial charge in [-0.05, 0) is 0 Å². The van der Waals surface area contributed by atoms with Crippen LogP contribution in [0.4, 0.5) is 0 Å². The lowest BCUT2D eigenvalue weighted by atomic mass is 10.1. The number of morpholine rings is 1. The van der Waals surface area contributed by atoms with E-state index in [9.17, 15) is 19.2 Å². The topological polar surface area (TPSA) is 87.2 Å². The van der Waals surface area contributed by atoms with Crippen molar-refractivity contribution in [3.05, 3.63) is 35.9 Å². The molecule has 8 heteroatoms. The number of carbonyl (C=O) groups excluding carboxylic acids is 4. The molecule has 0 bridgehead atoms. The summed E-state index contributed by atoms with van der Waals surface area (Å²) in [5.41, 5.74) is 0.604. The Balaban J connectivity index is 1.43. The van der Waals surface area contributed by atoms with Crippen molar-refractivity contribution in [2.75, 3.05) is 52.5 Å². The fourth-order valence-electron chi connectivity index (χ4n) is 3.34. The van der Waals surface area contributed by atoms with E-state index in [0.29, 0.717) is 58.0 Å². The van der Waals surface area contributed by atoms with Gasteiger partial charge in [-0.3, -0.25) is 19.2 Å². The lowest BCUT2D eigenvalue weighted by Crippen LogP contribution is -2.55. The van der Waals surface area contributed by atoms with Gasteiger partial charge in [0.25, 0.3) is 0 Å². The van der Waals surface area contributed by atoms with E-state index >= 15 is 0 Å². The molecule has 8 nitrogen and oxygen atoms in total. The molecule has 0 aliphatic carbocycles. The number of benzene rings is 1. The summed E-state index contributed by atoms with van der Waals surface area (Å²) < 4.78 is 5.20. The second-order valence-corrected chi connectivity index (χ2v) is 6.87. The zero-order valence-electron chi connectivity index (χ0n) is 15.8. The van der Waals surface area contributed by atoms with E-state index in [1.54, 1.807) is 29.2 Å². The van der Waals surface area contributed by atoms with Crippen molar-refractivity contribution in [3.63, 3.8) is 0 Å². The molecule has 1 aromatic rings. The van der Waals surface area contributed by atoms with Crippen molar-refractivity contribution in [2.45, 2.75) is 12.8 Å². The molecule has 2 heterocycles. The maximum Gasteiger partial charge on any atom is 0.312 e. The van der Waals surface area contributed by atoms with Gasteiger partial charge in [0.2, 0.25) is 5.91 Å². The van der Waals surface area contributed by atoms with Crippen LogP contribution in [-0.2, 0) is 19.1 Å². The maximum atomic E-state index is 12.4. The van der Waals surface area contributed by atoms with E-state index in [0.717, 1.165) is 0 Å². The third-order valence-electron chi connectivity index (χ3n) is 5.06. The van der Waals surface area contributed by atoms with E-state index < -0.39 is 11.8 Å². The van der Waals surface area contributed by atoms with Crippen LogP contribution in [0.2, 0.25) is 0 Å². The van der Waals surface area contributed by atoms with Crippen LogP contribution in [0.25, 0.3) is 0 Å². The molecule has 0 spiro atoms. The van der Waals surface area contributed by atoms with Crippen LogP contribution >= 0.6 is 0 Å². The number of rotatable bonds is 4. The number of hydrogen-bond acceptors (Lipinski definition) is 5. The number of amides is 3. The fraction of sp³-hybridized carbons (Fsp3) is 0.500.